The third-order valence-electron chi connectivity index (χ3n) is 4.69. The highest BCUT2D eigenvalue weighted by Crippen LogP contribution is 2.37. The van der Waals surface area contributed by atoms with Gasteiger partial charge >= 0.3 is 0 Å². The molecule has 1 N–H and O–H groups in total. The second kappa shape index (κ2) is 10.5. The molecule has 0 spiro atoms. The number of hydrogen-bond donors (Lipinski definition) is 1. The molecule has 1 aliphatic heterocycles. The van der Waals surface area contributed by atoms with Crippen molar-refractivity contribution in [1.29, 1.82) is 0 Å². The number of nitrogens with one attached hydrogen (secondary N) is 1. The summed E-state index contributed by atoms with van der Waals surface area (Å²) in [5.74, 6) is 1.73. The summed E-state index contributed by atoms with van der Waals surface area (Å²) in [6.07, 6.45) is 4.06. The Morgan fingerprint density at radius 1 is 1.25 bits per heavy atom. The number of benzene rings is 2. The van der Waals surface area contributed by atoms with Gasteiger partial charge in [0, 0.05) is 24.4 Å². The Kier molecular flexibility index (Phi) is 7.29. The predicted molar refractivity (Wildman–Crippen MR) is 126 cm³/mol. The molecule has 0 unspecified atom stereocenters. The number of carbonyl (C=O) groups is 1. The summed E-state index contributed by atoms with van der Waals surface area (Å²) in [7, 11) is 0. The van der Waals surface area contributed by atoms with Crippen LogP contribution in [0.25, 0.3) is 6.08 Å². The number of amides is 1. The lowest BCUT2D eigenvalue weighted by atomic mass is 10.2. The molecule has 0 saturated carbocycles. The summed E-state index contributed by atoms with van der Waals surface area (Å²) in [6, 6.07) is 11.2. The number of halogens is 1. The maximum Gasteiger partial charge on any atom is 0.244 e. The molecule has 0 bridgehead atoms. The molecule has 32 heavy (non-hydrogen) atoms. The van der Waals surface area contributed by atoms with Gasteiger partial charge in [-0.3, -0.25) is 4.79 Å². The van der Waals surface area contributed by atoms with Crippen LogP contribution in [0, 0.1) is 6.92 Å². The standard InChI is InChI=1S/C24H23ClN2O4S/c1-16-27-19(15-32-16)14-31-20-6-3-17(4-7-20)5-8-23(28)26-13-18-11-21(25)24-22(12-18)29-9-2-10-30-24/h3-8,11-12,15H,2,9-10,13-14H2,1H3,(H,26,28)/b8-5+. The van der Waals surface area contributed by atoms with E-state index in [1.54, 1.807) is 23.5 Å². The minimum atomic E-state index is -0.201. The van der Waals surface area contributed by atoms with E-state index in [9.17, 15) is 4.79 Å². The van der Waals surface area contributed by atoms with E-state index in [4.69, 9.17) is 25.8 Å². The van der Waals surface area contributed by atoms with Crippen molar-refractivity contribution in [3.8, 4) is 17.2 Å². The van der Waals surface area contributed by atoms with E-state index in [1.807, 2.05) is 42.6 Å². The van der Waals surface area contributed by atoms with Crippen molar-refractivity contribution < 1.29 is 19.0 Å². The average molecular weight is 471 g/mol. The normalized spacial score (nSPS) is 13.1. The van der Waals surface area contributed by atoms with Crippen LogP contribution < -0.4 is 19.5 Å². The zero-order valence-electron chi connectivity index (χ0n) is 17.6. The lowest BCUT2D eigenvalue weighted by Crippen LogP contribution is -2.20. The summed E-state index contributed by atoms with van der Waals surface area (Å²) >= 11 is 7.91. The first-order valence-electron chi connectivity index (χ1n) is 10.2. The van der Waals surface area contributed by atoms with Crippen LogP contribution in [0.3, 0.4) is 0 Å². The first-order valence-corrected chi connectivity index (χ1v) is 11.5. The first kappa shape index (κ1) is 22.2. The molecule has 2 aromatic carbocycles. The van der Waals surface area contributed by atoms with Gasteiger partial charge in [-0.1, -0.05) is 23.7 Å². The van der Waals surface area contributed by atoms with E-state index in [2.05, 4.69) is 10.3 Å². The number of nitrogens with zero attached hydrogens (tertiary/aromatic N) is 1. The number of thiazole rings is 1. The number of rotatable bonds is 7. The number of fused-ring (bicyclic) bond motifs is 1. The van der Waals surface area contributed by atoms with Crippen molar-refractivity contribution in [1.82, 2.24) is 10.3 Å². The van der Waals surface area contributed by atoms with Crippen molar-refractivity contribution in [2.24, 2.45) is 0 Å². The molecule has 1 amide bonds. The first-order chi connectivity index (χ1) is 15.6. The average Bonchev–Trinajstić information content (AvgIpc) is 3.06. The van der Waals surface area contributed by atoms with Crippen molar-refractivity contribution in [2.75, 3.05) is 13.2 Å². The van der Waals surface area contributed by atoms with Gasteiger partial charge in [0.25, 0.3) is 0 Å². The Bertz CT molecular complexity index is 1110. The Morgan fingerprint density at radius 3 is 2.84 bits per heavy atom. The van der Waals surface area contributed by atoms with Gasteiger partial charge in [0.2, 0.25) is 5.91 Å². The minimum Gasteiger partial charge on any atom is -0.489 e. The molecule has 0 atom stereocenters. The van der Waals surface area contributed by atoms with Crippen LogP contribution in [0.2, 0.25) is 5.02 Å². The van der Waals surface area contributed by atoms with Gasteiger partial charge in [0.15, 0.2) is 11.5 Å². The largest absolute Gasteiger partial charge is 0.489 e. The van der Waals surface area contributed by atoms with E-state index in [1.165, 1.54) is 6.08 Å². The van der Waals surface area contributed by atoms with Gasteiger partial charge in [-0.25, -0.2) is 4.98 Å². The minimum absolute atomic E-state index is 0.201. The highest BCUT2D eigenvalue weighted by atomic mass is 35.5. The zero-order chi connectivity index (χ0) is 22.3. The predicted octanol–water partition coefficient (Wildman–Crippen LogP) is 5.17. The summed E-state index contributed by atoms with van der Waals surface area (Å²) in [5, 5.41) is 6.36. The fourth-order valence-corrected chi connectivity index (χ4v) is 4.00. The molecule has 1 aromatic heterocycles. The van der Waals surface area contributed by atoms with Crippen LogP contribution in [0.4, 0.5) is 0 Å². The van der Waals surface area contributed by atoms with E-state index in [-0.39, 0.29) is 5.91 Å². The van der Waals surface area contributed by atoms with Gasteiger partial charge in [-0.2, -0.15) is 0 Å². The molecular formula is C24H23ClN2O4S. The molecule has 0 radical (unpaired) electrons. The van der Waals surface area contributed by atoms with Crippen LogP contribution >= 0.6 is 22.9 Å². The van der Waals surface area contributed by atoms with Crippen molar-refractivity contribution in [3.63, 3.8) is 0 Å². The van der Waals surface area contributed by atoms with Crippen molar-refractivity contribution in [2.45, 2.75) is 26.5 Å². The Balaban J connectivity index is 1.28. The monoisotopic (exact) mass is 470 g/mol. The van der Waals surface area contributed by atoms with Crippen LogP contribution in [0.5, 0.6) is 17.2 Å². The van der Waals surface area contributed by atoms with Crippen molar-refractivity contribution >= 4 is 34.9 Å². The summed E-state index contributed by atoms with van der Waals surface area (Å²) in [4.78, 5) is 16.6. The molecule has 166 valence electrons. The maximum absolute atomic E-state index is 12.2. The van der Waals surface area contributed by atoms with E-state index >= 15 is 0 Å². The van der Waals surface area contributed by atoms with Crippen LogP contribution in [0.1, 0.15) is 28.2 Å². The van der Waals surface area contributed by atoms with Crippen molar-refractivity contribution in [3.05, 3.63) is 74.7 Å². The number of aryl methyl sites for hydroxylation is 1. The van der Waals surface area contributed by atoms with Crippen LogP contribution in [0.15, 0.2) is 47.9 Å². The highest BCUT2D eigenvalue weighted by molar-refractivity contribution is 7.09. The lowest BCUT2D eigenvalue weighted by Gasteiger charge is -2.11. The molecule has 0 saturated heterocycles. The van der Waals surface area contributed by atoms with Gasteiger partial charge in [0.05, 0.1) is 28.9 Å². The third kappa shape index (κ3) is 6.02. The molecule has 0 aliphatic carbocycles. The maximum atomic E-state index is 12.2. The quantitative estimate of drug-likeness (QED) is 0.482. The van der Waals surface area contributed by atoms with E-state index in [0.29, 0.717) is 42.9 Å². The molecular weight excluding hydrogens is 448 g/mol. The number of ether oxygens (including phenoxy) is 3. The Hall–Kier alpha value is -3.03. The van der Waals surface area contributed by atoms with Gasteiger partial charge < -0.3 is 19.5 Å². The number of aromatic nitrogens is 1. The molecule has 6 nitrogen and oxygen atoms in total. The van der Waals surface area contributed by atoms with E-state index in [0.717, 1.165) is 34.0 Å². The van der Waals surface area contributed by atoms with Gasteiger partial charge in [0.1, 0.15) is 12.4 Å². The number of hydrogen-bond acceptors (Lipinski definition) is 6. The van der Waals surface area contributed by atoms with Gasteiger partial charge in [-0.05, 0) is 48.4 Å². The molecule has 0 fully saturated rings. The second-order valence-electron chi connectivity index (χ2n) is 7.22. The summed E-state index contributed by atoms with van der Waals surface area (Å²) < 4.78 is 17.1. The zero-order valence-corrected chi connectivity index (χ0v) is 19.2. The fourth-order valence-electron chi connectivity index (χ4n) is 3.11. The summed E-state index contributed by atoms with van der Waals surface area (Å²) in [5.41, 5.74) is 2.66. The second-order valence-corrected chi connectivity index (χ2v) is 8.69. The molecule has 8 heteroatoms. The summed E-state index contributed by atoms with van der Waals surface area (Å²) in [6.45, 7) is 3.90. The molecule has 4 rings (SSSR count). The molecule has 3 aromatic rings. The molecule has 1 aliphatic rings. The highest BCUT2D eigenvalue weighted by Gasteiger charge is 2.15. The lowest BCUT2D eigenvalue weighted by molar-refractivity contribution is -0.116. The number of carbonyl (C=O) groups excluding carboxylic acids is 1. The fraction of sp³-hybridized carbons (Fsp3) is 0.250. The Labute approximate surface area is 195 Å². The molecule has 2 heterocycles. The van der Waals surface area contributed by atoms with E-state index < -0.39 is 0 Å². The third-order valence-corrected chi connectivity index (χ3v) is 5.79. The Morgan fingerprint density at radius 2 is 2.06 bits per heavy atom. The van der Waals surface area contributed by atoms with Crippen LogP contribution in [-0.4, -0.2) is 24.1 Å². The van der Waals surface area contributed by atoms with Crippen LogP contribution in [-0.2, 0) is 17.9 Å². The van der Waals surface area contributed by atoms with Gasteiger partial charge in [-0.15, -0.1) is 11.3 Å². The topological polar surface area (TPSA) is 69.7 Å². The SMILES string of the molecule is Cc1nc(COc2ccc(/C=C/C(=O)NCc3cc(Cl)c4c(c3)OCCCO4)cc2)cs1. The smallest absolute Gasteiger partial charge is 0.244 e.